The highest BCUT2D eigenvalue weighted by atomic mass is 35.5. The Morgan fingerprint density at radius 1 is 1.26 bits per heavy atom. The van der Waals surface area contributed by atoms with Crippen molar-refractivity contribution in [2.45, 2.75) is 45.4 Å². The third-order valence-corrected chi connectivity index (χ3v) is 6.40. The SMILES string of the molecule is CCCOc1cc(C)c(Cl)cc1S(=O)(=O)N1CC(C)CC(C)C1. The van der Waals surface area contributed by atoms with Gasteiger partial charge in [-0.2, -0.15) is 4.31 Å². The number of halogens is 1. The maximum atomic E-state index is 13.1. The molecule has 130 valence electrons. The van der Waals surface area contributed by atoms with Crippen LogP contribution in [0.5, 0.6) is 5.75 Å². The minimum atomic E-state index is -3.60. The van der Waals surface area contributed by atoms with Crippen LogP contribution in [-0.4, -0.2) is 32.4 Å². The zero-order valence-electron chi connectivity index (χ0n) is 14.3. The number of nitrogens with zero attached hydrogens (tertiary/aromatic N) is 1. The van der Waals surface area contributed by atoms with Crippen molar-refractivity contribution in [2.75, 3.05) is 19.7 Å². The molecule has 0 radical (unpaired) electrons. The average Bonchev–Trinajstić information content (AvgIpc) is 2.47. The molecule has 2 unspecified atom stereocenters. The average molecular weight is 360 g/mol. The highest BCUT2D eigenvalue weighted by Gasteiger charge is 2.34. The van der Waals surface area contributed by atoms with Crippen LogP contribution in [0, 0.1) is 18.8 Å². The van der Waals surface area contributed by atoms with E-state index in [0.717, 1.165) is 18.4 Å². The van der Waals surface area contributed by atoms with Crippen molar-refractivity contribution in [3.63, 3.8) is 0 Å². The van der Waals surface area contributed by atoms with Crippen molar-refractivity contribution in [3.8, 4) is 5.75 Å². The van der Waals surface area contributed by atoms with Crippen molar-refractivity contribution in [3.05, 3.63) is 22.7 Å². The second kappa shape index (κ2) is 7.41. The van der Waals surface area contributed by atoms with Crippen LogP contribution in [0.2, 0.25) is 5.02 Å². The van der Waals surface area contributed by atoms with E-state index in [1.807, 2.05) is 13.8 Å². The third-order valence-electron chi connectivity index (χ3n) is 4.14. The maximum Gasteiger partial charge on any atom is 0.246 e. The van der Waals surface area contributed by atoms with Crippen molar-refractivity contribution >= 4 is 21.6 Å². The summed E-state index contributed by atoms with van der Waals surface area (Å²) in [6.45, 7) is 9.60. The molecular formula is C17H26ClNO3S. The smallest absolute Gasteiger partial charge is 0.246 e. The molecule has 0 N–H and O–H groups in total. The van der Waals surface area contributed by atoms with Crippen molar-refractivity contribution in [1.82, 2.24) is 4.31 Å². The second-order valence-corrected chi connectivity index (χ2v) is 8.98. The molecule has 0 amide bonds. The lowest BCUT2D eigenvalue weighted by Crippen LogP contribution is -2.42. The predicted molar refractivity (Wildman–Crippen MR) is 93.7 cm³/mol. The molecule has 0 spiro atoms. The van der Waals surface area contributed by atoms with Gasteiger partial charge in [-0.3, -0.25) is 0 Å². The van der Waals surface area contributed by atoms with E-state index in [0.29, 0.717) is 42.3 Å². The summed E-state index contributed by atoms with van der Waals surface area (Å²) in [4.78, 5) is 0.183. The molecule has 23 heavy (non-hydrogen) atoms. The van der Waals surface area contributed by atoms with Gasteiger partial charge in [0.05, 0.1) is 6.61 Å². The molecule has 0 bridgehead atoms. The summed E-state index contributed by atoms with van der Waals surface area (Å²) in [5, 5.41) is 0.450. The summed E-state index contributed by atoms with van der Waals surface area (Å²) in [5.41, 5.74) is 0.817. The van der Waals surface area contributed by atoms with Gasteiger partial charge in [-0.25, -0.2) is 8.42 Å². The van der Waals surface area contributed by atoms with Crippen LogP contribution in [0.1, 0.15) is 39.2 Å². The Kier molecular flexibility index (Phi) is 5.98. The Morgan fingerprint density at radius 2 is 1.87 bits per heavy atom. The molecule has 0 saturated carbocycles. The second-order valence-electron chi connectivity index (χ2n) is 6.66. The molecule has 1 saturated heterocycles. The molecule has 2 rings (SSSR count). The molecule has 0 aromatic heterocycles. The van der Waals surface area contributed by atoms with Crippen LogP contribution < -0.4 is 4.74 Å². The fraction of sp³-hybridized carbons (Fsp3) is 0.647. The molecule has 0 aliphatic carbocycles. The van der Waals surface area contributed by atoms with Gasteiger partial charge in [-0.15, -0.1) is 0 Å². The number of sulfonamides is 1. The minimum absolute atomic E-state index is 0.183. The Balaban J connectivity index is 2.43. The summed E-state index contributed by atoms with van der Waals surface area (Å²) in [6, 6.07) is 3.25. The Labute approximate surface area is 144 Å². The van der Waals surface area contributed by atoms with Gasteiger partial charge in [-0.1, -0.05) is 32.4 Å². The fourth-order valence-electron chi connectivity index (χ4n) is 3.10. The third kappa shape index (κ3) is 4.20. The van der Waals surface area contributed by atoms with E-state index in [4.69, 9.17) is 16.3 Å². The molecular weight excluding hydrogens is 334 g/mol. The first kappa shape index (κ1) is 18.6. The Hall–Kier alpha value is -0.780. The highest BCUT2D eigenvalue weighted by molar-refractivity contribution is 7.89. The molecule has 1 aliphatic heterocycles. The monoisotopic (exact) mass is 359 g/mol. The minimum Gasteiger partial charge on any atom is -0.492 e. The summed E-state index contributed by atoms with van der Waals surface area (Å²) in [6.07, 6.45) is 1.87. The quantitative estimate of drug-likeness (QED) is 0.795. The lowest BCUT2D eigenvalue weighted by atomic mass is 9.94. The standard InChI is InChI=1S/C17H26ClNO3S/c1-5-6-22-16-8-14(4)15(18)9-17(16)23(20,21)19-10-12(2)7-13(3)11-19/h8-9,12-13H,5-7,10-11H2,1-4H3. The summed E-state index contributed by atoms with van der Waals surface area (Å²) in [5.74, 6) is 1.11. The van der Waals surface area contributed by atoms with Crippen LogP contribution in [0.15, 0.2) is 17.0 Å². The zero-order valence-corrected chi connectivity index (χ0v) is 15.9. The van der Waals surface area contributed by atoms with Crippen LogP contribution in [0.25, 0.3) is 0 Å². The van der Waals surface area contributed by atoms with E-state index < -0.39 is 10.0 Å². The number of hydrogen-bond donors (Lipinski definition) is 0. The molecule has 6 heteroatoms. The van der Waals surface area contributed by atoms with Gasteiger partial charge >= 0.3 is 0 Å². The van der Waals surface area contributed by atoms with E-state index in [1.54, 1.807) is 10.4 Å². The molecule has 2 atom stereocenters. The maximum absolute atomic E-state index is 13.1. The van der Waals surface area contributed by atoms with E-state index in [2.05, 4.69) is 13.8 Å². The number of ether oxygens (including phenoxy) is 1. The van der Waals surface area contributed by atoms with Crippen molar-refractivity contribution in [1.29, 1.82) is 0 Å². The van der Waals surface area contributed by atoms with Gasteiger partial charge in [0.15, 0.2) is 0 Å². The number of rotatable bonds is 5. The lowest BCUT2D eigenvalue weighted by molar-refractivity contribution is 0.221. The molecule has 4 nitrogen and oxygen atoms in total. The Morgan fingerprint density at radius 3 is 2.43 bits per heavy atom. The zero-order chi connectivity index (χ0) is 17.2. The molecule has 1 aliphatic rings. The van der Waals surface area contributed by atoms with Gasteiger partial charge in [0, 0.05) is 18.1 Å². The van der Waals surface area contributed by atoms with Gasteiger partial charge < -0.3 is 4.74 Å². The molecule has 1 fully saturated rings. The van der Waals surface area contributed by atoms with E-state index in [-0.39, 0.29) is 4.90 Å². The van der Waals surface area contributed by atoms with Crippen LogP contribution in [0.3, 0.4) is 0 Å². The van der Waals surface area contributed by atoms with Gasteiger partial charge in [-0.05, 0) is 49.3 Å². The largest absolute Gasteiger partial charge is 0.492 e. The molecule has 1 aromatic carbocycles. The lowest BCUT2D eigenvalue weighted by Gasteiger charge is -2.34. The molecule has 1 aromatic rings. The Bertz CT molecular complexity index is 650. The first-order valence-electron chi connectivity index (χ1n) is 8.18. The summed E-state index contributed by atoms with van der Waals surface area (Å²) < 4.78 is 33.5. The van der Waals surface area contributed by atoms with E-state index in [1.165, 1.54) is 6.07 Å². The van der Waals surface area contributed by atoms with Crippen LogP contribution in [0.4, 0.5) is 0 Å². The molecule has 1 heterocycles. The summed E-state index contributed by atoms with van der Waals surface area (Å²) >= 11 is 6.18. The predicted octanol–water partition coefficient (Wildman–Crippen LogP) is 4.10. The van der Waals surface area contributed by atoms with E-state index in [9.17, 15) is 8.42 Å². The fourth-order valence-corrected chi connectivity index (χ4v) is 5.15. The normalized spacial score (nSPS) is 23.0. The van der Waals surface area contributed by atoms with Crippen LogP contribution in [-0.2, 0) is 10.0 Å². The topological polar surface area (TPSA) is 46.6 Å². The number of hydrogen-bond acceptors (Lipinski definition) is 3. The van der Waals surface area contributed by atoms with Crippen molar-refractivity contribution in [2.24, 2.45) is 11.8 Å². The van der Waals surface area contributed by atoms with Crippen molar-refractivity contribution < 1.29 is 13.2 Å². The summed E-state index contributed by atoms with van der Waals surface area (Å²) in [7, 11) is -3.60. The number of piperidine rings is 1. The highest BCUT2D eigenvalue weighted by Crippen LogP contribution is 2.34. The van der Waals surface area contributed by atoms with Gasteiger partial charge in [0.25, 0.3) is 0 Å². The number of aryl methyl sites for hydroxylation is 1. The first-order chi connectivity index (χ1) is 10.8. The van der Waals surface area contributed by atoms with E-state index >= 15 is 0 Å². The first-order valence-corrected chi connectivity index (χ1v) is 10.0. The number of benzene rings is 1. The van der Waals surface area contributed by atoms with Gasteiger partial charge in [0.1, 0.15) is 10.6 Å². The van der Waals surface area contributed by atoms with Gasteiger partial charge in [0.2, 0.25) is 10.0 Å². The van der Waals surface area contributed by atoms with Crippen LogP contribution >= 0.6 is 11.6 Å².